The van der Waals surface area contributed by atoms with E-state index in [-0.39, 0.29) is 11.6 Å². The van der Waals surface area contributed by atoms with E-state index in [1.165, 1.54) is 12.3 Å². The Morgan fingerprint density at radius 3 is 2.48 bits per heavy atom. The molecule has 0 saturated carbocycles. The Balaban J connectivity index is 2.48. The van der Waals surface area contributed by atoms with E-state index >= 15 is 0 Å². The maximum Gasteiger partial charge on any atom is 0.418 e. The summed E-state index contributed by atoms with van der Waals surface area (Å²) in [6.45, 7) is 4.39. The van der Waals surface area contributed by atoms with Crippen molar-refractivity contribution in [1.29, 1.82) is 0 Å². The van der Waals surface area contributed by atoms with Gasteiger partial charge in [0, 0.05) is 11.8 Å². The highest BCUT2D eigenvalue weighted by Gasteiger charge is 2.34. The van der Waals surface area contributed by atoms with Crippen molar-refractivity contribution < 1.29 is 17.9 Å². The number of ether oxygens (including phenoxy) is 1. The van der Waals surface area contributed by atoms with E-state index in [9.17, 15) is 13.2 Å². The topological polar surface area (TPSA) is 22.1 Å². The third-order valence-electron chi connectivity index (χ3n) is 2.83. The molecular formula is C16H16F3NO. The molecule has 112 valence electrons. The van der Waals surface area contributed by atoms with Gasteiger partial charge in [0.25, 0.3) is 0 Å². The zero-order valence-corrected chi connectivity index (χ0v) is 11.8. The third kappa shape index (κ3) is 3.74. The van der Waals surface area contributed by atoms with E-state index in [1.807, 2.05) is 13.8 Å². The lowest BCUT2D eigenvalue weighted by atomic mass is 10.0. The average Bonchev–Trinajstić information content (AvgIpc) is 2.44. The molecule has 2 aromatic rings. The molecule has 0 spiro atoms. The number of pyridine rings is 1. The van der Waals surface area contributed by atoms with Crippen LogP contribution in [0.1, 0.15) is 19.4 Å². The molecule has 0 saturated heterocycles. The standard InChI is InChI=1S/C16H16F3NO/c1-11(2)10-21-14-8-4-3-6-12(14)15-13(16(17,18)19)7-5-9-20-15/h3-9,11H,10H2,1-2H3. The van der Waals surface area contributed by atoms with E-state index in [0.29, 0.717) is 17.9 Å². The first-order chi connectivity index (χ1) is 9.89. The van der Waals surface area contributed by atoms with Crippen molar-refractivity contribution in [3.63, 3.8) is 0 Å². The summed E-state index contributed by atoms with van der Waals surface area (Å²) in [7, 11) is 0. The SMILES string of the molecule is CC(C)COc1ccccc1-c1ncccc1C(F)(F)F. The number of halogens is 3. The van der Waals surface area contributed by atoms with Gasteiger partial charge in [0.15, 0.2) is 0 Å². The highest BCUT2D eigenvalue weighted by molar-refractivity contribution is 5.70. The van der Waals surface area contributed by atoms with Gasteiger partial charge in [0.2, 0.25) is 0 Å². The van der Waals surface area contributed by atoms with Crippen molar-refractivity contribution in [1.82, 2.24) is 4.98 Å². The minimum absolute atomic E-state index is 0.107. The van der Waals surface area contributed by atoms with E-state index in [1.54, 1.807) is 24.3 Å². The van der Waals surface area contributed by atoms with Gasteiger partial charge < -0.3 is 4.74 Å². The molecule has 0 unspecified atom stereocenters. The van der Waals surface area contributed by atoms with Crippen LogP contribution in [0.15, 0.2) is 42.6 Å². The number of nitrogens with zero attached hydrogens (tertiary/aromatic N) is 1. The number of alkyl halides is 3. The summed E-state index contributed by atoms with van der Waals surface area (Å²) in [4.78, 5) is 3.90. The lowest BCUT2D eigenvalue weighted by Crippen LogP contribution is -2.10. The van der Waals surface area contributed by atoms with Crippen LogP contribution < -0.4 is 4.74 Å². The number of rotatable bonds is 4. The van der Waals surface area contributed by atoms with Crippen molar-refractivity contribution in [3.8, 4) is 17.0 Å². The van der Waals surface area contributed by atoms with Gasteiger partial charge in [-0.15, -0.1) is 0 Å². The van der Waals surface area contributed by atoms with Crippen LogP contribution in [0.3, 0.4) is 0 Å². The van der Waals surface area contributed by atoms with Gasteiger partial charge >= 0.3 is 6.18 Å². The summed E-state index contributed by atoms with van der Waals surface area (Å²) >= 11 is 0. The molecule has 0 aliphatic carbocycles. The Morgan fingerprint density at radius 2 is 1.81 bits per heavy atom. The molecule has 2 rings (SSSR count). The molecule has 2 nitrogen and oxygen atoms in total. The molecule has 21 heavy (non-hydrogen) atoms. The monoisotopic (exact) mass is 295 g/mol. The summed E-state index contributed by atoms with van der Waals surface area (Å²) in [6, 6.07) is 8.97. The van der Waals surface area contributed by atoms with E-state index in [0.717, 1.165) is 6.07 Å². The van der Waals surface area contributed by atoms with Crippen LogP contribution in [0, 0.1) is 5.92 Å². The zero-order chi connectivity index (χ0) is 15.5. The van der Waals surface area contributed by atoms with Crippen LogP contribution in [0.5, 0.6) is 5.75 Å². The maximum absolute atomic E-state index is 13.1. The summed E-state index contributed by atoms with van der Waals surface area (Å²) in [5.41, 5.74) is -0.513. The first-order valence-electron chi connectivity index (χ1n) is 6.64. The summed E-state index contributed by atoms with van der Waals surface area (Å²) < 4.78 is 44.9. The van der Waals surface area contributed by atoms with E-state index in [2.05, 4.69) is 4.98 Å². The van der Waals surface area contributed by atoms with Gasteiger partial charge in [-0.05, 0) is 30.2 Å². The first-order valence-corrected chi connectivity index (χ1v) is 6.64. The highest BCUT2D eigenvalue weighted by Crippen LogP contribution is 2.38. The lowest BCUT2D eigenvalue weighted by molar-refractivity contribution is -0.137. The second-order valence-electron chi connectivity index (χ2n) is 5.10. The van der Waals surface area contributed by atoms with Crippen LogP contribution in [0.4, 0.5) is 13.2 Å². The first kappa shape index (κ1) is 15.4. The minimum Gasteiger partial charge on any atom is -0.493 e. The lowest BCUT2D eigenvalue weighted by Gasteiger charge is -2.16. The Morgan fingerprint density at radius 1 is 1.10 bits per heavy atom. The van der Waals surface area contributed by atoms with E-state index < -0.39 is 11.7 Å². The Kier molecular flexibility index (Phi) is 4.50. The number of benzene rings is 1. The molecular weight excluding hydrogens is 279 g/mol. The molecule has 0 aliphatic rings. The normalized spacial score (nSPS) is 11.7. The molecule has 1 heterocycles. The number of para-hydroxylation sites is 1. The quantitative estimate of drug-likeness (QED) is 0.808. The van der Waals surface area contributed by atoms with Gasteiger partial charge in [-0.2, -0.15) is 13.2 Å². The molecule has 0 fully saturated rings. The zero-order valence-electron chi connectivity index (χ0n) is 11.8. The van der Waals surface area contributed by atoms with Gasteiger partial charge in [0.05, 0.1) is 17.9 Å². The van der Waals surface area contributed by atoms with Gasteiger partial charge in [-0.1, -0.05) is 26.0 Å². The Labute approximate surface area is 121 Å². The predicted octanol–water partition coefficient (Wildman–Crippen LogP) is 4.80. The largest absolute Gasteiger partial charge is 0.493 e. The fourth-order valence-electron chi connectivity index (χ4n) is 1.89. The fraction of sp³-hybridized carbons (Fsp3) is 0.312. The number of hydrogen-bond donors (Lipinski definition) is 0. The molecule has 0 atom stereocenters. The number of aromatic nitrogens is 1. The minimum atomic E-state index is -4.45. The van der Waals surface area contributed by atoms with Crippen molar-refractivity contribution in [2.45, 2.75) is 20.0 Å². The van der Waals surface area contributed by atoms with E-state index in [4.69, 9.17) is 4.74 Å². The van der Waals surface area contributed by atoms with Crippen molar-refractivity contribution in [2.24, 2.45) is 5.92 Å². The second-order valence-corrected chi connectivity index (χ2v) is 5.10. The average molecular weight is 295 g/mol. The summed E-state index contributed by atoms with van der Waals surface area (Å²) in [5.74, 6) is 0.694. The molecule has 0 amide bonds. The smallest absolute Gasteiger partial charge is 0.418 e. The third-order valence-corrected chi connectivity index (χ3v) is 2.83. The fourth-order valence-corrected chi connectivity index (χ4v) is 1.89. The molecule has 0 radical (unpaired) electrons. The highest BCUT2D eigenvalue weighted by atomic mass is 19.4. The van der Waals surface area contributed by atoms with Crippen LogP contribution >= 0.6 is 0 Å². The molecule has 0 aliphatic heterocycles. The molecule has 0 N–H and O–H groups in total. The molecule has 5 heteroatoms. The number of hydrogen-bond acceptors (Lipinski definition) is 2. The Hall–Kier alpha value is -2.04. The summed E-state index contributed by atoms with van der Waals surface area (Å²) in [6.07, 6.45) is -3.10. The molecule has 0 bridgehead atoms. The van der Waals surface area contributed by atoms with Crippen LogP contribution in [-0.4, -0.2) is 11.6 Å². The predicted molar refractivity (Wildman–Crippen MR) is 75.0 cm³/mol. The van der Waals surface area contributed by atoms with Crippen molar-refractivity contribution >= 4 is 0 Å². The van der Waals surface area contributed by atoms with Crippen molar-refractivity contribution in [3.05, 3.63) is 48.2 Å². The molecule has 1 aromatic heterocycles. The van der Waals surface area contributed by atoms with Gasteiger partial charge in [-0.25, -0.2) is 0 Å². The molecule has 1 aromatic carbocycles. The van der Waals surface area contributed by atoms with Gasteiger partial charge in [0.1, 0.15) is 5.75 Å². The van der Waals surface area contributed by atoms with Crippen molar-refractivity contribution in [2.75, 3.05) is 6.61 Å². The maximum atomic E-state index is 13.1. The summed E-state index contributed by atoms with van der Waals surface area (Å²) in [5, 5.41) is 0. The van der Waals surface area contributed by atoms with Gasteiger partial charge in [-0.3, -0.25) is 4.98 Å². The second kappa shape index (κ2) is 6.16. The van der Waals surface area contributed by atoms with Crippen LogP contribution in [0.25, 0.3) is 11.3 Å². The Bertz CT molecular complexity index is 608. The van der Waals surface area contributed by atoms with Crippen LogP contribution in [-0.2, 0) is 6.18 Å². The van der Waals surface area contributed by atoms with Crippen LogP contribution in [0.2, 0.25) is 0 Å².